The molecule has 0 aliphatic carbocycles. The third kappa shape index (κ3) is 4.23. The molecule has 19 heavy (non-hydrogen) atoms. The van der Waals surface area contributed by atoms with Crippen molar-refractivity contribution >= 4 is 22.6 Å². The number of benzene rings is 2. The van der Waals surface area contributed by atoms with Crippen molar-refractivity contribution in [1.82, 2.24) is 0 Å². The van der Waals surface area contributed by atoms with E-state index < -0.39 is 0 Å². The molecule has 0 N–H and O–H groups in total. The summed E-state index contributed by atoms with van der Waals surface area (Å²) in [4.78, 5) is 0. The second-order valence-electron chi connectivity index (χ2n) is 5.69. The summed E-state index contributed by atoms with van der Waals surface area (Å²) in [5.74, 6) is 0.917. The molecule has 2 aromatic carbocycles. The fourth-order valence-electron chi connectivity index (χ4n) is 1.80. The molecular weight excluding hydrogens is 347 g/mol. The Morgan fingerprint density at radius 1 is 0.895 bits per heavy atom. The van der Waals surface area contributed by atoms with Crippen LogP contribution in [0.15, 0.2) is 48.5 Å². The van der Waals surface area contributed by atoms with E-state index in [1.807, 2.05) is 12.1 Å². The second-order valence-corrected chi connectivity index (χ2v) is 6.94. The predicted molar refractivity (Wildman–Crippen MR) is 88.6 cm³/mol. The van der Waals surface area contributed by atoms with Gasteiger partial charge < -0.3 is 4.74 Å². The van der Waals surface area contributed by atoms with E-state index in [0.717, 1.165) is 5.75 Å². The minimum absolute atomic E-state index is 0.204. The van der Waals surface area contributed by atoms with E-state index in [-0.39, 0.29) is 5.41 Å². The fourth-order valence-corrected chi connectivity index (χ4v) is 2.16. The monoisotopic (exact) mass is 366 g/mol. The highest BCUT2D eigenvalue weighted by atomic mass is 127. The minimum Gasteiger partial charge on any atom is -0.489 e. The zero-order valence-electron chi connectivity index (χ0n) is 11.6. The molecule has 100 valence electrons. The van der Waals surface area contributed by atoms with Crippen LogP contribution in [-0.4, -0.2) is 0 Å². The number of hydrogen-bond donors (Lipinski definition) is 0. The quantitative estimate of drug-likeness (QED) is 0.682. The lowest BCUT2D eigenvalue weighted by Crippen LogP contribution is -2.10. The summed E-state index contributed by atoms with van der Waals surface area (Å²) in [5, 5.41) is 0. The van der Waals surface area contributed by atoms with Crippen LogP contribution in [0, 0.1) is 3.57 Å². The molecule has 2 aromatic rings. The lowest BCUT2D eigenvalue weighted by molar-refractivity contribution is 0.306. The van der Waals surface area contributed by atoms with E-state index in [2.05, 4.69) is 79.8 Å². The Morgan fingerprint density at radius 2 is 1.47 bits per heavy atom. The van der Waals surface area contributed by atoms with Crippen molar-refractivity contribution in [2.75, 3.05) is 0 Å². The smallest absolute Gasteiger partial charge is 0.119 e. The molecule has 0 heterocycles. The van der Waals surface area contributed by atoms with Crippen LogP contribution in [0.4, 0.5) is 0 Å². The van der Waals surface area contributed by atoms with E-state index in [9.17, 15) is 0 Å². The summed E-state index contributed by atoms with van der Waals surface area (Å²) in [5.41, 5.74) is 2.76. The largest absolute Gasteiger partial charge is 0.489 e. The van der Waals surface area contributed by atoms with Crippen LogP contribution in [0.25, 0.3) is 0 Å². The molecular formula is C17H19IO. The number of rotatable bonds is 3. The van der Waals surface area contributed by atoms with Gasteiger partial charge in [0.15, 0.2) is 0 Å². The molecule has 0 radical (unpaired) electrons. The van der Waals surface area contributed by atoms with Gasteiger partial charge in [0, 0.05) is 3.57 Å². The summed E-state index contributed by atoms with van der Waals surface area (Å²) < 4.78 is 6.99. The lowest BCUT2D eigenvalue weighted by atomic mass is 9.87. The molecule has 0 atom stereocenters. The van der Waals surface area contributed by atoms with Gasteiger partial charge in [-0.2, -0.15) is 0 Å². The molecule has 0 saturated carbocycles. The maximum absolute atomic E-state index is 5.77. The molecule has 0 aliphatic rings. The van der Waals surface area contributed by atoms with Crippen molar-refractivity contribution in [3.8, 4) is 5.75 Å². The van der Waals surface area contributed by atoms with Crippen molar-refractivity contribution in [2.24, 2.45) is 0 Å². The highest BCUT2D eigenvalue weighted by Crippen LogP contribution is 2.22. The van der Waals surface area contributed by atoms with Gasteiger partial charge in [-0.25, -0.2) is 0 Å². The summed E-state index contributed by atoms with van der Waals surface area (Å²) in [7, 11) is 0. The van der Waals surface area contributed by atoms with Gasteiger partial charge in [-0.3, -0.25) is 0 Å². The first-order valence-electron chi connectivity index (χ1n) is 6.43. The van der Waals surface area contributed by atoms with Crippen molar-refractivity contribution in [1.29, 1.82) is 0 Å². The summed E-state index contributed by atoms with van der Waals surface area (Å²) in [6.45, 7) is 7.29. The predicted octanol–water partition coefficient (Wildman–Crippen LogP) is 5.17. The molecule has 0 fully saturated rings. The molecule has 2 heteroatoms. The maximum atomic E-state index is 5.77. The number of ether oxygens (including phenoxy) is 1. The van der Waals surface area contributed by atoms with E-state index >= 15 is 0 Å². The highest BCUT2D eigenvalue weighted by molar-refractivity contribution is 14.1. The van der Waals surface area contributed by atoms with Gasteiger partial charge >= 0.3 is 0 Å². The highest BCUT2D eigenvalue weighted by Gasteiger charge is 2.12. The molecule has 0 bridgehead atoms. The van der Waals surface area contributed by atoms with Crippen LogP contribution in [0.2, 0.25) is 0 Å². The second kappa shape index (κ2) is 5.95. The zero-order valence-corrected chi connectivity index (χ0v) is 13.8. The Kier molecular flexibility index (Phi) is 4.50. The van der Waals surface area contributed by atoms with E-state index in [1.54, 1.807) is 0 Å². The van der Waals surface area contributed by atoms with Gasteiger partial charge in [0.25, 0.3) is 0 Å². The first kappa shape index (κ1) is 14.4. The Hall–Kier alpha value is -1.03. The Morgan fingerprint density at radius 3 is 2.00 bits per heavy atom. The van der Waals surface area contributed by atoms with E-state index in [4.69, 9.17) is 4.74 Å². The minimum atomic E-state index is 0.204. The molecule has 0 aliphatic heterocycles. The molecule has 0 aromatic heterocycles. The van der Waals surface area contributed by atoms with Gasteiger partial charge in [0.1, 0.15) is 12.4 Å². The topological polar surface area (TPSA) is 9.23 Å². The first-order valence-corrected chi connectivity index (χ1v) is 7.51. The average molecular weight is 366 g/mol. The van der Waals surface area contributed by atoms with Gasteiger partial charge in [-0.15, -0.1) is 0 Å². The summed E-state index contributed by atoms with van der Waals surface area (Å²) >= 11 is 2.29. The van der Waals surface area contributed by atoms with Gasteiger partial charge in [-0.1, -0.05) is 45.0 Å². The molecule has 0 amide bonds. The summed E-state index contributed by atoms with van der Waals surface area (Å²) in [6.07, 6.45) is 0. The van der Waals surface area contributed by atoms with Crippen LogP contribution in [-0.2, 0) is 12.0 Å². The number of hydrogen-bond acceptors (Lipinski definition) is 1. The Bertz CT molecular complexity index is 521. The standard InChI is InChI=1S/C17H19IO/c1-17(2,3)14-6-4-13(5-7-14)12-19-16-10-8-15(18)9-11-16/h4-11H,12H2,1-3H3. The molecule has 1 nitrogen and oxygen atoms in total. The molecule has 0 saturated heterocycles. The average Bonchev–Trinajstić information content (AvgIpc) is 2.37. The first-order chi connectivity index (χ1) is 8.95. The van der Waals surface area contributed by atoms with E-state index in [0.29, 0.717) is 6.61 Å². The van der Waals surface area contributed by atoms with Crippen molar-refractivity contribution in [3.63, 3.8) is 0 Å². The third-order valence-electron chi connectivity index (χ3n) is 3.04. The van der Waals surface area contributed by atoms with Gasteiger partial charge in [0.05, 0.1) is 0 Å². The maximum Gasteiger partial charge on any atom is 0.119 e. The SMILES string of the molecule is CC(C)(C)c1ccc(COc2ccc(I)cc2)cc1. The molecule has 2 rings (SSSR count). The normalized spacial score (nSPS) is 11.4. The van der Waals surface area contributed by atoms with E-state index in [1.165, 1.54) is 14.7 Å². The molecule has 0 spiro atoms. The van der Waals surface area contributed by atoms with Crippen LogP contribution in [0.1, 0.15) is 31.9 Å². The van der Waals surface area contributed by atoms with Crippen molar-refractivity contribution in [2.45, 2.75) is 32.8 Å². The fraction of sp³-hybridized carbons (Fsp3) is 0.294. The number of halogens is 1. The lowest BCUT2D eigenvalue weighted by Gasteiger charge is -2.19. The van der Waals surface area contributed by atoms with Crippen LogP contribution in [0.5, 0.6) is 5.75 Å². The van der Waals surface area contributed by atoms with Crippen molar-refractivity contribution < 1.29 is 4.74 Å². The van der Waals surface area contributed by atoms with Crippen molar-refractivity contribution in [3.05, 3.63) is 63.2 Å². The van der Waals surface area contributed by atoms with Crippen LogP contribution in [0.3, 0.4) is 0 Å². The van der Waals surface area contributed by atoms with Gasteiger partial charge in [0.2, 0.25) is 0 Å². The van der Waals surface area contributed by atoms with Gasteiger partial charge in [-0.05, 0) is 63.4 Å². The molecule has 0 unspecified atom stereocenters. The zero-order chi connectivity index (χ0) is 13.9. The third-order valence-corrected chi connectivity index (χ3v) is 3.76. The van der Waals surface area contributed by atoms with Crippen LogP contribution >= 0.6 is 22.6 Å². The Balaban J connectivity index is 1.98. The van der Waals surface area contributed by atoms with Crippen LogP contribution < -0.4 is 4.74 Å². The summed E-state index contributed by atoms with van der Waals surface area (Å²) in [6, 6.07) is 16.8. The Labute approximate surface area is 129 Å².